The molecular weight excluding hydrogens is 282 g/mol. The van der Waals surface area contributed by atoms with Gasteiger partial charge in [-0.15, -0.1) is 0 Å². The van der Waals surface area contributed by atoms with Gasteiger partial charge in [0.05, 0.1) is 12.7 Å². The highest BCUT2D eigenvalue weighted by molar-refractivity contribution is 5.94. The zero-order chi connectivity index (χ0) is 15.4. The van der Waals surface area contributed by atoms with Crippen molar-refractivity contribution in [1.29, 1.82) is 0 Å². The second-order valence-electron chi connectivity index (χ2n) is 4.97. The number of hydrogen-bond donors (Lipinski definition) is 2. The molecule has 1 aromatic heterocycles. The van der Waals surface area contributed by atoms with Crippen molar-refractivity contribution in [2.45, 2.75) is 6.54 Å². The van der Waals surface area contributed by atoms with Gasteiger partial charge >= 0.3 is 12.1 Å². The number of benzene rings is 1. The normalized spacial score (nSPS) is 14.0. The molecule has 0 radical (unpaired) electrons. The van der Waals surface area contributed by atoms with Crippen molar-refractivity contribution in [2.24, 2.45) is 0 Å². The van der Waals surface area contributed by atoms with Crippen molar-refractivity contribution < 1.29 is 9.59 Å². The molecule has 1 aromatic carbocycles. The van der Waals surface area contributed by atoms with Crippen molar-refractivity contribution in [3.05, 3.63) is 42.7 Å². The number of carbonyl (C=O) groups excluding carboxylic acids is 2. The Morgan fingerprint density at radius 2 is 2.09 bits per heavy atom. The Labute approximate surface area is 127 Å². The Balaban J connectivity index is 1.51. The first kappa shape index (κ1) is 14.1. The predicted octanol–water partition coefficient (Wildman–Crippen LogP) is 1.28. The summed E-state index contributed by atoms with van der Waals surface area (Å²) in [6.45, 7) is 1.88. The SMILES string of the molecule is O=C1NCCN1C(=O)NCCn1cc(-c2ccccc2)cn1. The van der Waals surface area contributed by atoms with Crippen molar-refractivity contribution in [1.82, 2.24) is 25.3 Å². The Morgan fingerprint density at radius 3 is 2.82 bits per heavy atom. The number of aromatic nitrogens is 2. The second-order valence-corrected chi connectivity index (χ2v) is 4.97. The van der Waals surface area contributed by atoms with Crippen LogP contribution in [0.4, 0.5) is 9.59 Å². The molecule has 7 heteroatoms. The van der Waals surface area contributed by atoms with Crippen LogP contribution in [0.1, 0.15) is 0 Å². The monoisotopic (exact) mass is 299 g/mol. The van der Waals surface area contributed by atoms with Crippen LogP contribution < -0.4 is 10.6 Å². The van der Waals surface area contributed by atoms with E-state index in [0.717, 1.165) is 11.1 Å². The number of rotatable bonds is 4. The van der Waals surface area contributed by atoms with Crippen molar-refractivity contribution in [3.8, 4) is 11.1 Å². The van der Waals surface area contributed by atoms with Crippen molar-refractivity contribution >= 4 is 12.1 Å². The molecule has 0 spiro atoms. The third-order valence-electron chi connectivity index (χ3n) is 3.46. The molecule has 0 bridgehead atoms. The fourth-order valence-electron chi connectivity index (χ4n) is 2.30. The van der Waals surface area contributed by atoms with Gasteiger partial charge < -0.3 is 10.6 Å². The molecule has 7 nitrogen and oxygen atoms in total. The molecule has 114 valence electrons. The van der Waals surface area contributed by atoms with Crippen LogP contribution in [0.25, 0.3) is 11.1 Å². The van der Waals surface area contributed by atoms with Gasteiger partial charge in [0.25, 0.3) is 0 Å². The number of nitrogens with zero attached hydrogens (tertiary/aromatic N) is 3. The molecule has 4 amide bonds. The molecule has 0 atom stereocenters. The smallest absolute Gasteiger partial charge is 0.325 e. The number of imide groups is 1. The van der Waals surface area contributed by atoms with Gasteiger partial charge in [0, 0.05) is 31.4 Å². The minimum atomic E-state index is -0.370. The molecule has 1 aliphatic rings. The van der Waals surface area contributed by atoms with Crippen LogP contribution in [-0.2, 0) is 6.54 Å². The minimum absolute atomic E-state index is 0.344. The van der Waals surface area contributed by atoms with E-state index < -0.39 is 0 Å². The van der Waals surface area contributed by atoms with Crippen molar-refractivity contribution in [3.63, 3.8) is 0 Å². The van der Waals surface area contributed by atoms with Gasteiger partial charge in [-0.2, -0.15) is 5.10 Å². The Hall–Kier alpha value is -2.83. The maximum absolute atomic E-state index is 11.8. The summed E-state index contributed by atoms with van der Waals surface area (Å²) in [4.78, 5) is 24.3. The third kappa shape index (κ3) is 3.08. The van der Waals surface area contributed by atoms with E-state index in [9.17, 15) is 9.59 Å². The van der Waals surface area contributed by atoms with E-state index >= 15 is 0 Å². The zero-order valence-electron chi connectivity index (χ0n) is 12.0. The van der Waals surface area contributed by atoms with Crippen LogP contribution in [0.2, 0.25) is 0 Å². The van der Waals surface area contributed by atoms with E-state index in [1.165, 1.54) is 4.90 Å². The highest BCUT2D eigenvalue weighted by Crippen LogP contribution is 2.17. The lowest BCUT2D eigenvalue weighted by Gasteiger charge is -2.13. The quantitative estimate of drug-likeness (QED) is 0.892. The Bertz CT molecular complexity index is 668. The van der Waals surface area contributed by atoms with Crippen molar-refractivity contribution in [2.75, 3.05) is 19.6 Å². The summed E-state index contributed by atoms with van der Waals surface area (Å²) >= 11 is 0. The predicted molar refractivity (Wildman–Crippen MR) is 81.2 cm³/mol. The van der Waals surface area contributed by atoms with E-state index in [4.69, 9.17) is 0 Å². The van der Waals surface area contributed by atoms with Gasteiger partial charge in [0.15, 0.2) is 0 Å². The maximum Gasteiger partial charge on any atom is 0.325 e. The van der Waals surface area contributed by atoms with Gasteiger partial charge in [0.2, 0.25) is 0 Å². The van der Waals surface area contributed by atoms with Gasteiger partial charge in [-0.3, -0.25) is 4.68 Å². The molecule has 2 N–H and O–H groups in total. The Kier molecular flexibility index (Phi) is 4.04. The van der Waals surface area contributed by atoms with Crippen LogP contribution in [0.5, 0.6) is 0 Å². The molecule has 1 aliphatic heterocycles. The average Bonchev–Trinajstić information content (AvgIpc) is 3.17. The summed E-state index contributed by atoms with van der Waals surface area (Å²) in [6, 6.07) is 9.26. The summed E-state index contributed by atoms with van der Waals surface area (Å²) in [6.07, 6.45) is 3.73. The average molecular weight is 299 g/mol. The lowest BCUT2D eigenvalue weighted by Crippen LogP contribution is -2.42. The van der Waals surface area contributed by atoms with E-state index in [1.54, 1.807) is 10.9 Å². The topological polar surface area (TPSA) is 79.3 Å². The summed E-state index contributed by atoms with van der Waals surface area (Å²) in [7, 11) is 0. The van der Waals surface area contributed by atoms with E-state index in [1.807, 2.05) is 36.5 Å². The molecule has 0 unspecified atom stereocenters. The fourth-order valence-corrected chi connectivity index (χ4v) is 2.30. The van der Waals surface area contributed by atoms with E-state index in [-0.39, 0.29) is 12.1 Å². The largest absolute Gasteiger partial charge is 0.336 e. The minimum Gasteiger partial charge on any atom is -0.336 e. The summed E-state index contributed by atoms with van der Waals surface area (Å²) < 4.78 is 1.77. The molecule has 3 rings (SSSR count). The van der Waals surface area contributed by atoms with Crippen LogP contribution in [0.3, 0.4) is 0 Å². The van der Waals surface area contributed by atoms with Crippen LogP contribution in [-0.4, -0.2) is 46.4 Å². The molecule has 2 heterocycles. The highest BCUT2D eigenvalue weighted by Gasteiger charge is 2.25. The first-order chi connectivity index (χ1) is 10.7. The first-order valence-corrected chi connectivity index (χ1v) is 7.15. The van der Waals surface area contributed by atoms with E-state index in [0.29, 0.717) is 26.2 Å². The van der Waals surface area contributed by atoms with Gasteiger partial charge in [0.1, 0.15) is 0 Å². The molecule has 1 saturated heterocycles. The number of hydrogen-bond acceptors (Lipinski definition) is 3. The highest BCUT2D eigenvalue weighted by atomic mass is 16.2. The molecule has 0 saturated carbocycles. The Morgan fingerprint density at radius 1 is 1.27 bits per heavy atom. The number of nitrogens with one attached hydrogen (secondary N) is 2. The fraction of sp³-hybridized carbons (Fsp3) is 0.267. The molecule has 2 aromatic rings. The molecule has 0 aliphatic carbocycles. The summed E-state index contributed by atoms with van der Waals surface area (Å²) in [5.41, 5.74) is 2.14. The first-order valence-electron chi connectivity index (χ1n) is 7.15. The van der Waals surface area contributed by atoms with Gasteiger partial charge in [-0.25, -0.2) is 14.5 Å². The van der Waals surface area contributed by atoms with Crippen LogP contribution >= 0.6 is 0 Å². The van der Waals surface area contributed by atoms with Gasteiger partial charge in [-0.1, -0.05) is 30.3 Å². The third-order valence-corrected chi connectivity index (χ3v) is 3.46. The maximum atomic E-state index is 11.8. The summed E-state index contributed by atoms with van der Waals surface area (Å²) in [5.74, 6) is 0. The van der Waals surface area contributed by atoms with Crippen LogP contribution in [0.15, 0.2) is 42.7 Å². The number of urea groups is 2. The second kappa shape index (κ2) is 6.30. The standard InChI is InChI=1S/C15H17N5O2/c21-14(20-9-7-17-15(20)22)16-6-8-19-11-13(10-18-19)12-4-2-1-3-5-12/h1-5,10-11H,6-9H2,(H,16,21)(H,17,22). The number of carbonyl (C=O) groups is 2. The van der Waals surface area contributed by atoms with Crippen LogP contribution in [0, 0.1) is 0 Å². The summed E-state index contributed by atoms with van der Waals surface area (Å²) in [5, 5.41) is 9.58. The number of amides is 4. The molecule has 1 fully saturated rings. The van der Waals surface area contributed by atoms with Gasteiger partial charge in [-0.05, 0) is 5.56 Å². The zero-order valence-corrected chi connectivity index (χ0v) is 12.0. The lowest BCUT2D eigenvalue weighted by molar-refractivity contribution is 0.198. The molecular formula is C15H17N5O2. The molecule has 22 heavy (non-hydrogen) atoms. The lowest BCUT2D eigenvalue weighted by atomic mass is 10.1. The van der Waals surface area contributed by atoms with E-state index in [2.05, 4.69) is 15.7 Å².